The Morgan fingerprint density at radius 1 is 1.33 bits per heavy atom. The van der Waals surface area contributed by atoms with Crippen LogP contribution in [-0.2, 0) is 6.18 Å². The van der Waals surface area contributed by atoms with Gasteiger partial charge in [0.05, 0.1) is 5.56 Å². The summed E-state index contributed by atoms with van der Waals surface area (Å²) in [5.41, 5.74) is 5.87. The lowest BCUT2D eigenvalue weighted by atomic mass is 9.91. The summed E-state index contributed by atoms with van der Waals surface area (Å²) in [7, 11) is 0. The summed E-state index contributed by atoms with van der Waals surface area (Å²) in [6.07, 6.45) is -2.49. The molecule has 0 heterocycles. The third-order valence-electron chi connectivity index (χ3n) is 3.04. The van der Waals surface area contributed by atoms with E-state index in [1.165, 1.54) is 6.07 Å². The van der Waals surface area contributed by atoms with Gasteiger partial charge in [-0.3, -0.25) is 0 Å². The second-order valence-corrected chi connectivity index (χ2v) is 5.38. The van der Waals surface area contributed by atoms with Crippen LogP contribution in [0.4, 0.5) is 13.2 Å². The van der Waals surface area contributed by atoms with Gasteiger partial charge in [-0.15, -0.1) is 0 Å². The van der Waals surface area contributed by atoms with Crippen LogP contribution < -0.4 is 5.73 Å². The topological polar surface area (TPSA) is 26.0 Å². The predicted octanol–water partition coefficient (Wildman–Crippen LogP) is 4.90. The van der Waals surface area contributed by atoms with Gasteiger partial charge in [-0.25, -0.2) is 0 Å². The largest absolute Gasteiger partial charge is 0.417 e. The highest BCUT2D eigenvalue weighted by molar-refractivity contribution is 9.10. The van der Waals surface area contributed by atoms with E-state index in [0.717, 1.165) is 18.9 Å². The first kappa shape index (κ1) is 15.5. The molecule has 2 N–H and O–H groups in total. The summed E-state index contributed by atoms with van der Waals surface area (Å²) < 4.78 is 38.4. The molecule has 102 valence electrons. The van der Waals surface area contributed by atoms with E-state index in [2.05, 4.69) is 15.9 Å². The molecule has 2 unspecified atom stereocenters. The van der Waals surface area contributed by atoms with Crippen molar-refractivity contribution < 1.29 is 13.2 Å². The Hall–Kier alpha value is -0.550. The van der Waals surface area contributed by atoms with Crippen LogP contribution in [0, 0.1) is 5.92 Å². The fraction of sp³-hybridized carbons (Fsp3) is 0.538. The lowest BCUT2D eigenvalue weighted by molar-refractivity contribution is -0.138. The molecule has 5 heteroatoms. The smallest absolute Gasteiger partial charge is 0.324 e. The average molecular weight is 324 g/mol. The SMILES string of the molecule is CCCC(C)C(N)c1ccc(Br)c(C(F)(F)F)c1. The zero-order chi connectivity index (χ0) is 13.9. The molecule has 1 nitrogen and oxygen atoms in total. The van der Waals surface area contributed by atoms with Crippen LogP contribution in [0.3, 0.4) is 0 Å². The molecule has 2 atom stereocenters. The molecule has 0 saturated heterocycles. The molecule has 0 bridgehead atoms. The number of hydrogen-bond donors (Lipinski definition) is 1. The minimum Gasteiger partial charge on any atom is -0.324 e. The first-order valence-electron chi connectivity index (χ1n) is 5.89. The van der Waals surface area contributed by atoms with Gasteiger partial charge in [0, 0.05) is 10.5 Å². The van der Waals surface area contributed by atoms with E-state index < -0.39 is 11.7 Å². The van der Waals surface area contributed by atoms with E-state index in [0.29, 0.717) is 5.56 Å². The molecule has 0 aromatic heterocycles. The maximum Gasteiger partial charge on any atom is 0.417 e. The highest BCUT2D eigenvalue weighted by Crippen LogP contribution is 2.37. The van der Waals surface area contributed by atoms with E-state index in [9.17, 15) is 13.2 Å². The van der Waals surface area contributed by atoms with Crippen LogP contribution in [0.5, 0.6) is 0 Å². The number of nitrogens with two attached hydrogens (primary N) is 1. The molecule has 0 fully saturated rings. The lowest BCUT2D eigenvalue weighted by Crippen LogP contribution is -2.20. The van der Waals surface area contributed by atoms with Gasteiger partial charge in [0.1, 0.15) is 0 Å². The Morgan fingerprint density at radius 3 is 2.44 bits per heavy atom. The number of hydrogen-bond acceptors (Lipinski definition) is 1. The zero-order valence-corrected chi connectivity index (χ0v) is 12.0. The van der Waals surface area contributed by atoms with Crippen molar-refractivity contribution in [3.63, 3.8) is 0 Å². The second kappa shape index (κ2) is 6.06. The molecule has 0 aliphatic rings. The van der Waals surface area contributed by atoms with Gasteiger partial charge in [-0.2, -0.15) is 13.2 Å². The van der Waals surface area contributed by atoms with E-state index in [-0.39, 0.29) is 16.4 Å². The van der Waals surface area contributed by atoms with Gasteiger partial charge in [0.25, 0.3) is 0 Å². The molecular weight excluding hydrogens is 307 g/mol. The van der Waals surface area contributed by atoms with Crippen LogP contribution in [0.25, 0.3) is 0 Å². The summed E-state index contributed by atoms with van der Waals surface area (Å²) in [6, 6.07) is 3.84. The van der Waals surface area contributed by atoms with Gasteiger partial charge in [0.15, 0.2) is 0 Å². The Balaban J connectivity index is 3.05. The fourth-order valence-electron chi connectivity index (χ4n) is 1.93. The quantitative estimate of drug-likeness (QED) is 0.837. The third-order valence-corrected chi connectivity index (χ3v) is 3.73. The van der Waals surface area contributed by atoms with Crippen LogP contribution in [0.2, 0.25) is 0 Å². The molecular formula is C13H17BrF3N. The van der Waals surface area contributed by atoms with Gasteiger partial charge in [-0.05, 0) is 30.0 Å². The van der Waals surface area contributed by atoms with Crippen molar-refractivity contribution in [1.82, 2.24) is 0 Å². The summed E-state index contributed by atoms with van der Waals surface area (Å²) in [6.45, 7) is 4.00. The highest BCUT2D eigenvalue weighted by atomic mass is 79.9. The summed E-state index contributed by atoms with van der Waals surface area (Å²) >= 11 is 2.92. The van der Waals surface area contributed by atoms with Crippen LogP contribution in [0.1, 0.15) is 43.9 Å². The number of alkyl halides is 3. The minimum absolute atomic E-state index is 0.0501. The average Bonchev–Trinajstić information content (AvgIpc) is 2.27. The van der Waals surface area contributed by atoms with E-state index >= 15 is 0 Å². The molecule has 18 heavy (non-hydrogen) atoms. The van der Waals surface area contributed by atoms with Crippen molar-refractivity contribution in [2.24, 2.45) is 11.7 Å². The maximum absolute atomic E-state index is 12.8. The molecule has 1 rings (SSSR count). The standard InChI is InChI=1S/C13H17BrF3N/c1-3-4-8(2)12(18)9-5-6-11(14)10(7-9)13(15,16)17/h5-8,12H,3-4,18H2,1-2H3. The Kier molecular flexibility index (Phi) is 5.22. The van der Waals surface area contributed by atoms with Crippen molar-refractivity contribution in [1.29, 1.82) is 0 Å². The van der Waals surface area contributed by atoms with Gasteiger partial charge in [-0.1, -0.05) is 42.3 Å². The van der Waals surface area contributed by atoms with Crippen molar-refractivity contribution in [2.45, 2.75) is 38.9 Å². The van der Waals surface area contributed by atoms with Crippen LogP contribution in [0.15, 0.2) is 22.7 Å². The molecule has 0 saturated carbocycles. The highest BCUT2D eigenvalue weighted by Gasteiger charge is 2.33. The normalized spacial score (nSPS) is 15.5. The van der Waals surface area contributed by atoms with Crippen molar-refractivity contribution in [3.05, 3.63) is 33.8 Å². The molecule has 0 aliphatic heterocycles. The molecule has 0 amide bonds. The summed E-state index contributed by atoms with van der Waals surface area (Å²) in [5, 5.41) is 0. The lowest BCUT2D eigenvalue weighted by Gasteiger charge is -2.21. The van der Waals surface area contributed by atoms with Crippen molar-refractivity contribution >= 4 is 15.9 Å². The van der Waals surface area contributed by atoms with Crippen LogP contribution in [-0.4, -0.2) is 0 Å². The fourth-order valence-corrected chi connectivity index (χ4v) is 2.40. The van der Waals surface area contributed by atoms with Gasteiger partial charge in [0.2, 0.25) is 0 Å². The van der Waals surface area contributed by atoms with Crippen molar-refractivity contribution in [2.75, 3.05) is 0 Å². The summed E-state index contributed by atoms with van der Waals surface area (Å²) in [5.74, 6) is 0.164. The number of rotatable bonds is 4. The van der Waals surface area contributed by atoms with Crippen molar-refractivity contribution in [3.8, 4) is 0 Å². The third kappa shape index (κ3) is 3.72. The monoisotopic (exact) mass is 323 g/mol. The second-order valence-electron chi connectivity index (χ2n) is 4.53. The molecule has 0 spiro atoms. The minimum atomic E-state index is -4.36. The Labute approximate surface area is 114 Å². The van der Waals surface area contributed by atoms with E-state index in [1.54, 1.807) is 6.07 Å². The molecule has 1 aromatic carbocycles. The summed E-state index contributed by atoms with van der Waals surface area (Å²) in [4.78, 5) is 0. The molecule has 0 aliphatic carbocycles. The predicted molar refractivity (Wildman–Crippen MR) is 70.1 cm³/mol. The zero-order valence-electron chi connectivity index (χ0n) is 10.4. The molecule has 1 aromatic rings. The first-order valence-corrected chi connectivity index (χ1v) is 6.69. The Morgan fingerprint density at radius 2 is 1.94 bits per heavy atom. The van der Waals surface area contributed by atoms with Gasteiger partial charge < -0.3 is 5.73 Å². The van der Waals surface area contributed by atoms with E-state index in [4.69, 9.17) is 5.73 Å². The van der Waals surface area contributed by atoms with Crippen LogP contribution >= 0.6 is 15.9 Å². The van der Waals surface area contributed by atoms with E-state index in [1.807, 2.05) is 13.8 Å². The molecule has 0 radical (unpaired) electrons. The number of benzene rings is 1. The maximum atomic E-state index is 12.8. The Bertz CT molecular complexity index is 404. The first-order chi connectivity index (χ1) is 8.27. The number of halogens is 4. The van der Waals surface area contributed by atoms with Gasteiger partial charge >= 0.3 is 6.18 Å².